The van der Waals surface area contributed by atoms with E-state index in [1.165, 1.54) is 0 Å². The molecule has 2 aliphatic heterocycles. The van der Waals surface area contributed by atoms with Crippen molar-refractivity contribution in [1.29, 1.82) is 0 Å². The van der Waals surface area contributed by atoms with Crippen LogP contribution in [0.25, 0.3) is 0 Å². The zero-order chi connectivity index (χ0) is 15.5. The zero-order valence-corrected chi connectivity index (χ0v) is 13.0. The molecule has 1 atom stereocenters. The Balaban J connectivity index is 1.79. The van der Waals surface area contributed by atoms with E-state index in [0.29, 0.717) is 37.7 Å². The van der Waals surface area contributed by atoms with Gasteiger partial charge in [-0.2, -0.15) is 0 Å². The lowest BCUT2D eigenvalue weighted by molar-refractivity contribution is -0.136. The van der Waals surface area contributed by atoms with E-state index in [2.05, 4.69) is 4.90 Å². The van der Waals surface area contributed by atoms with Gasteiger partial charge in [0.2, 0.25) is 5.91 Å². The van der Waals surface area contributed by atoms with Crippen LogP contribution in [0.4, 0.5) is 11.4 Å². The molecule has 1 amide bonds. The van der Waals surface area contributed by atoms with Gasteiger partial charge in [-0.1, -0.05) is 0 Å². The van der Waals surface area contributed by atoms with Crippen LogP contribution in [0.3, 0.4) is 0 Å². The number of carbonyl (C=O) groups is 1. The van der Waals surface area contributed by atoms with Gasteiger partial charge in [0.15, 0.2) is 0 Å². The number of morpholine rings is 1. The molecule has 0 aromatic heterocycles. The summed E-state index contributed by atoms with van der Waals surface area (Å²) in [4.78, 5) is 16.9. The Kier molecular flexibility index (Phi) is 4.38. The van der Waals surface area contributed by atoms with E-state index in [9.17, 15) is 4.79 Å². The second-order valence-electron chi connectivity index (χ2n) is 5.72. The van der Waals surface area contributed by atoms with Gasteiger partial charge in [-0.15, -0.1) is 0 Å². The molecule has 1 aromatic rings. The van der Waals surface area contributed by atoms with E-state index in [4.69, 9.17) is 15.2 Å². The molecule has 3 rings (SSSR count). The van der Waals surface area contributed by atoms with Crippen molar-refractivity contribution in [2.45, 2.75) is 18.9 Å². The quantitative estimate of drug-likeness (QED) is 0.847. The Morgan fingerprint density at radius 2 is 2.09 bits per heavy atom. The molecule has 120 valence electrons. The summed E-state index contributed by atoms with van der Waals surface area (Å²) in [5.74, 6) is 0.860. The summed E-state index contributed by atoms with van der Waals surface area (Å²) >= 11 is 0. The number of amides is 1. The molecule has 1 unspecified atom stereocenters. The van der Waals surface area contributed by atoms with Crippen molar-refractivity contribution in [2.24, 2.45) is 0 Å². The molecule has 0 saturated carbocycles. The van der Waals surface area contributed by atoms with Gasteiger partial charge in [0.05, 0.1) is 26.0 Å². The largest absolute Gasteiger partial charge is 0.495 e. The molecule has 2 aliphatic rings. The van der Waals surface area contributed by atoms with Gasteiger partial charge in [0.1, 0.15) is 11.8 Å². The van der Waals surface area contributed by atoms with Crippen molar-refractivity contribution in [3.8, 4) is 5.75 Å². The van der Waals surface area contributed by atoms with Crippen LogP contribution in [0.5, 0.6) is 5.75 Å². The van der Waals surface area contributed by atoms with Crippen molar-refractivity contribution >= 4 is 17.3 Å². The number of hydrogen-bond donors (Lipinski definition) is 1. The van der Waals surface area contributed by atoms with E-state index in [1.54, 1.807) is 7.11 Å². The van der Waals surface area contributed by atoms with Gasteiger partial charge in [0.25, 0.3) is 0 Å². The molecular weight excluding hydrogens is 282 g/mol. The highest BCUT2D eigenvalue weighted by atomic mass is 16.5. The third-order valence-corrected chi connectivity index (χ3v) is 4.41. The molecule has 22 heavy (non-hydrogen) atoms. The summed E-state index contributed by atoms with van der Waals surface area (Å²) in [6, 6.07) is 5.62. The first-order valence-corrected chi connectivity index (χ1v) is 7.77. The second-order valence-corrected chi connectivity index (χ2v) is 5.72. The maximum Gasteiger partial charge on any atom is 0.245 e. The minimum Gasteiger partial charge on any atom is -0.495 e. The zero-order valence-electron chi connectivity index (χ0n) is 13.0. The molecule has 0 radical (unpaired) electrons. The molecule has 6 heteroatoms. The summed E-state index contributed by atoms with van der Waals surface area (Å²) in [5.41, 5.74) is 7.49. The third kappa shape index (κ3) is 2.83. The normalized spacial score (nSPS) is 22.0. The predicted octanol–water partition coefficient (Wildman–Crippen LogP) is 1.10. The highest BCUT2D eigenvalue weighted by Crippen LogP contribution is 2.32. The fraction of sp³-hybridized carbons (Fsp3) is 0.562. The lowest BCUT2D eigenvalue weighted by atomic mass is 10.1. The maximum absolute atomic E-state index is 12.8. The first-order chi connectivity index (χ1) is 10.7. The summed E-state index contributed by atoms with van der Waals surface area (Å²) in [6.07, 6.45) is 1.91. The van der Waals surface area contributed by atoms with Gasteiger partial charge >= 0.3 is 0 Å². The molecule has 2 fully saturated rings. The molecule has 2 saturated heterocycles. The molecule has 0 spiro atoms. The lowest BCUT2D eigenvalue weighted by Gasteiger charge is -2.33. The third-order valence-electron chi connectivity index (χ3n) is 4.41. The van der Waals surface area contributed by atoms with Crippen molar-refractivity contribution in [3.63, 3.8) is 0 Å². The first kappa shape index (κ1) is 15.0. The van der Waals surface area contributed by atoms with E-state index in [0.717, 1.165) is 25.1 Å². The van der Waals surface area contributed by atoms with Crippen LogP contribution in [-0.2, 0) is 9.53 Å². The Bertz CT molecular complexity index is 543. The Hall–Kier alpha value is -1.95. The average Bonchev–Trinajstić information content (AvgIpc) is 3.05. The van der Waals surface area contributed by atoms with Gasteiger partial charge in [0, 0.05) is 31.4 Å². The lowest BCUT2D eigenvalue weighted by Crippen LogP contribution is -2.49. The number of rotatable bonds is 3. The molecule has 2 N–H and O–H groups in total. The summed E-state index contributed by atoms with van der Waals surface area (Å²) in [7, 11) is 1.61. The number of nitrogen functional groups attached to an aromatic ring is 1. The van der Waals surface area contributed by atoms with Crippen molar-refractivity contribution < 1.29 is 14.3 Å². The monoisotopic (exact) mass is 305 g/mol. The fourth-order valence-electron chi connectivity index (χ4n) is 3.21. The standard InChI is InChI=1S/C16H23N3O3/c1-21-15-11-12(4-5-13(15)17)19-6-2-3-14(19)16(20)18-7-9-22-10-8-18/h4-5,11,14H,2-3,6-10,17H2,1H3. The number of carbonyl (C=O) groups excluding carboxylic acids is 1. The average molecular weight is 305 g/mol. The van der Waals surface area contributed by atoms with Gasteiger partial charge in [-0.3, -0.25) is 4.79 Å². The van der Waals surface area contributed by atoms with E-state index in [-0.39, 0.29) is 11.9 Å². The minimum atomic E-state index is -0.0913. The van der Waals surface area contributed by atoms with E-state index < -0.39 is 0 Å². The van der Waals surface area contributed by atoms with Crippen LogP contribution < -0.4 is 15.4 Å². The summed E-state index contributed by atoms with van der Waals surface area (Å²) in [5, 5.41) is 0. The van der Waals surface area contributed by atoms with E-state index in [1.807, 2.05) is 23.1 Å². The number of hydrogen-bond acceptors (Lipinski definition) is 5. The Morgan fingerprint density at radius 1 is 1.32 bits per heavy atom. The molecule has 0 bridgehead atoms. The number of methoxy groups -OCH3 is 1. The second kappa shape index (κ2) is 6.44. The van der Waals surface area contributed by atoms with E-state index >= 15 is 0 Å². The van der Waals surface area contributed by atoms with Crippen LogP contribution >= 0.6 is 0 Å². The Morgan fingerprint density at radius 3 is 2.82 bits per heavy atom. The van der Waals surface area contributed by atoms with Gasteiger partial charge in [-0.25, -0.2) is 0 Å². The number of ether oxygens (including phenoxy) is 2. The molecule has 6 nitrogen and oxygen atoms in total. The number of anilines is 2. The molecule has 0 aliphatic carbocycles. The van der Waals surface area contributed by atoms with Gasteiger partial charge in [-0.05, 0) is 25.0 Å². The fourth-order valence-corrected chi connectivity index (χ4v) is 3.21. The molecule has 2 heterocycles. The smallest absolute Gasteiger partial charge is 0.245 e. The van der Waals surface area contributed by atoms with Gasteiger partial charge < -0.3 is 25.0 Å². The van der Waals surface area contributed by atoms with Crippen LogP contribution in [0, 0.1) is 0 Å². The molecular formula is C16H23N3O3. The Labute approximate surface area is 130 Å². The summed E-state index contributed by atoms with van der Waals surface area (Å²) < 4.78 is 10.6. The number of benzene rings is 1. The highest BCUT2D eigenvalue weighted by molar-refractivity contribution is 5.86. The number of nitrogens with zero attached hydrogens (tertiary/aromatic N) is 2. The van der Waals surface area contributed by atoms with Crippen LogP contribution in [-0.4, -0.2) is 56.8 Å². The summed E-state index contributed by atoms with van der Waals surface area (Å²) in [6.45, 7) is 3.53. The SMILES string of the molecule is COc1cc(N2CCCC2C(=O)N2CCOCC2)ccc1N. The predicted molar refractivity (Wildman–Crippen MR) is 85.2 cm³/mol. The van der Waals surface area contributed by atoms with Crippen molar-refractivity contribution in [1.82, 2.24) is 4.90 Å². The van der Waals surface area contributed by atoms with Crippen LogP contribution in [0.1, 0.15) is 12.8 Å². The van der Waals surface area contributed by atoms with Crippen LogP contribution in [0.2, 0.25) is 0 Å². The topological polar surface area (TPSA) is 68.0 Å². The van der Waals surface area contributed by atoms with Crippen molar-refractivity contribution in [2.75, 3.05) is 50.6 Å². The number of nitrogens with two attached hydrogens (primary N) is 1. The molecule has 1 aromatic carbocycles. The first-order valence-electron chi connectivity index (χ1n) is 7.77. The minimum absolute atomic E-state index is 0.0913. The maximum atomic E-state index is 12.8. The van der Waals surface area contributed by atoms with Crippen LogP contribution in [0.15, 0.2) is 18.2 Å². The van der Waals surface area contributed by atoms with Crippen molar-refractivity contribution in [3.05, 3.63) is 18.2 Å². The highest BCUT2D eigenvalue weighted by Gasteiger charge is 2.34.